The number of hydrogen-bond donors (Lipinski definition) is 0. The van der Waals surface area contributed by atoms with Gasteiger partial charge in [-0.1, -0.05) is 31.2 Å². The summed E-state index contributed by atoms with van der Waals surface area (Å²) >= 11 is 0. The zero-order valence-electron chi connectivity index (χ0n) is 12.4. The quantitative estimate of drug-likeness (QED) is 0.688. The van der Waals surface area contributed by atoms with Crippen LogP contribution < -0.4 is 0 Å². The molecule has 1 fully saturated rings. The molecule has 0 N–H and O–H groups in total. The summed E-state index contributed by atoms with van der Waals surface area (Å²) in [5, 5.41) is 0. The van der Waals surface area contributed by atoms with Crippen LogP contribution in [0.15, 0.2) is 36.1 Å². The summed E-state index contributed by atoms with van der Waals surface area (Å²) < 4.78 is 0. The second-order valence-electron chi connectivity index (χ2n) is 5.31. The molecule has 2 nitrogen and oxygen atoms in total. The lowest BCUT2D eigenvalue weighted by Gasteiger charge is -2.37. The van der Waals surface area contributed by atoms with Crippen molar-refractivity contribution in [1.82, 2.24) is 9.80 Å². The molecule has 0 aliphatic carbocycles. The SMILES string of the molecule is C=C/C(C)=C\C=C(/CC)N1CCC(N(C)C)CC1. The van der Waals surface area contributed by atoms with Gasteiger partial charge < -0.3 is 9.80 Å². The molecule has 0 saturated carbocycles. The van der Waals surface area contributed by atoms with E-state index in [9.17, 15) is 0 Å². The van der Waals surface area contributed by atoms with Crippen LogP contribution in [0.3, 0.4) is 0 Å². The van der Waals surface area contributed by atoms with E-state index in [0.29, 0.717) is 0 Å². The van der Waals surface area contributed by atoms with Crippen LogP contribution in [0.4, 0.5) is 0 Å². The molecule has 0 bridgehead atoms. The molecule has 0 aromatic heterocycles. The van der Waals surface area contributed by atoms with E-state index in [0.717, 1.165) is 12.5 Å². The minimum absolute atomic E-state index is 0.754. The number of likely N-dealkylation sites (tertiary alicyclic amines) is 1. The number of hydrogen-bond acceptors (Lipinski definition) is 2. The smallest absolute Gasteiger partial charge is 0.0189 e. The van der Waals surface area contributed by atoms with Crippen molar-refractivity contribution in [3.05, 3.63) is 36.1 Å². The van der Waals surface area contributed by atoms with Crippen molar-refractivity contribution in [3.63, 3.8) is 0 Å². The fourth-order valence-electron chi connectivity index (χ4n) is 2.41. The molecule has 1 rings (SSSR count). The van der Waals surface area contributed by atoms with Crippen LogP contribution in [-0.2, 0) is 0 Å². The topological polar surface area (TPSA) is 6.48 Å². The average Bonchev–Trinajstić information content (AvgIpc) is 2.39. The van der Waals surface area contributed by atoms with Gasteiger partial charge in [0.15, 0.2) is 0 Å². The van der Waals surface area contributed by atoms with Gasteiger partial charge in [0.1, 0.15) is 0 Å². The second-order valence-corrected chi connectivity index (χ2v) is 5.31. The van der Waals surface area contributed by atoms with Crippen molar-refractivity contribution in [2.75, 3.05) is 27.2 Å². The van der Waals surface area contributed by atoms with E-state index in [4.69, 9.17) is 0 Å². The highest BCUT2D eigenvalue weighted by molar-refractivity contribution is 5.22. The Kier molecular flexibility index (Phi) is 6.20. The van der Waals surface area contributed by atoms with Crippen LogP contribution in [0.2, 0.25) is 0 Å². The molecule has 2 heteroatoms. The third kappa shape index (κ3) is 4.34. The Hall–Kier alpha value is -1.02. The third-order valence-electron chi connectivity index (χ3n) is 3.82. The lowest BCUT2D eigenvalue weighted by atomic mass is 10.0. The number of nitrogens with zero attached hydrogens (tertiary/aromatic N) is 2. The molecule has 0 aromatic carbocycles. The summed E-state index contributed by atoms with van der Waals surface area (Å²) in [4.78, 5) is 4.89. The van der Waals surface area contributed by atoms with Gasteiger partial charge in [-0.3, -0.25) is 0 Å². The molecule has 1 aliphatic heterocycles. The third-order valence-corrected chi connectivity index (χ3v) is 3.82. The van der Waals surface area contributed by atoms with Gasteiger partial charge >= 0.3 is 0 Å². The van der Waals surface area contributed by atoms with Crippen molar-refractivity contribution < 1.29 is 0 Å². The van der Waals surface area contributed by atoms with E-state index in [-0.39, 0.29) is 0 Å². The Labute approximate surface area is 113 Å². The van der Waals surface area contributed by atoms with Crippen molar-refractivity contribution in [3.8, 4) is 0 Å². The van der Waals surface area contributed by atoms with Crippen molar-refractivity contribution in [2.45, 2.75) is 39.2 Å². The predicted octanol–water partition coefficient (Wildman–Crippen LogP) is 3.44. The van der Waals surface area contributed by atoms with Crippen LogP contribution >= 0.6 is 0 Å². The summed E-state index contributed by atoms with van der Waals surface area (Å²) in [7, 11) is 4.38. The van der Waals surface area contributed by atoms with Crippen LogP contribution in [-0.4, -0.2) is 43.0 Å². The largest absolute Gasteiger partial charge is 0.375 e. The Morgan fingerprint density at radius 1 is 1.28 bits per heavy atom. The first-order valence-corrected chi connectivity index (χ1v) is 6.99. The lowest BCUT2D eigenvalue weighted by molar-refractivity contribution is 0.168. The van der Waals surface area contributed by atoms with Gasteiger partial charge in [-0.25, -0.2) is 0 Å². The van der Waals surface area contributed by atoms with Crippen LogP contribution in [0.1, 0.15) is 33.1 Å². The van der Waals surface area contributed by atoms with Gasteiger partial charge in [0.2, 0.25) is 0 Å². The van der Waals surface area contributed by atoms with Crippen molar-refractivity contribution in [1.29, 1.82) is 0 Å². The molecular formula is C16H28N2. The first-order valence-electron chi connectivity index (χ1n) is 6.99. The molecule has 1 heterocycles. The molecule has 102 valence electrons. The molecule has 0 amide bonds. The normalized spacial score (nSPS) is 19.5. The summed E-state index contributed by atoms with van der Waals surface area (Å²) in [5.41, 5.74) is 2.68. The Morgan fingerprint density at radius 3 is 2.33 bits per heavy atom. The van der Waals surface area contributed by atoms with E-state index in [1.807, 2.05) is 6.08 Å². The van der Waals surface area contributed by atoms with Gasteiger partial charge in [0.25, 0.3) is 0 Å². The number of rotatable bonds is 5. The summed E-state index contributed by atoms with van der Waals surface area (Å²) in [6.07, 6.45) is 9.98. The standard InChI is InChI=1S/C16H28N2/c1-6-14(3)8-9-15(7-2)18-12-10-16(11-13-18)17(4)5/h6,8-9,16H,1,7,10-13H2,2-5H3/b14-8-,15-9+. The predicted molar refractivity (Wildman–Crippen MR) is 80.6 cm³/mol. The minimum atomic E-state index is 0.754. The first-order chi connectivity index (χ1) is 8.58. The molecule has 0 atom stereocenters. The van der Waals surface area contributed by atoms with Crippen LogP contribution in [0.5, 0.6) is 0 Å². The van der Waals surface area contributed by atoms with Crippen molar-refractivity contribution >= 4 is 0 Å². The van der Waals surface area contributed by atoms with Gasteiger partial charge in [-0.2, -0.15) is 0 Å². The Morgan fingerprint density at radius 2 is 1.89 bits per heavy atom. The van der Waals surface area contributed by atoms with Crippen LogP contribution in [0, 0.1) is 0 Å². The molecule has 0 radical (unpaired) electrons. The van der Waals surface area contributed by atoms with Gasteiger partial charge in [0.05, 0.1) is 0 Å². The maximum Gasteiger partial charge on any atom is 0.0189 e. The zero-order chi connectivity index (χ0) is 13.5. The zero-order valence-corrected chi connectivity index (χ0v) is 12.4. The summed E-state index contributed by atoms with van der Waals surface area (Å²) in [6.45, 7) is 10.5. The van der Waals surface area contributed by atoms with Crippen molar-refractivity contribution in [2.24, 2.45) is 0 Å². The average molecular weight is 248 g/mol. The van der Waals surface area contributed by atoms with Gasteiger partial charge in [0, 0.05) is 24.8 Å². The maximum atomic E-state index is 3.79. The summed E-state index contributed by atoms with van der Waals surface area (Å²) in [6, 6.07) is 0.754. The number of piperidine rings is 1. The highest BCUT2D eigenvalue weighted by Crippen LogP contribution is 2.20. The van der Waals surface area contributed by atoms with E-state index in [2.05, 4.69) is 56.5 Å². The fourth-order valence-corrected chi connectivity index (χ4v) is 2.41. The molecule has 1 aliphatic rings. The van der Waals surface area contributed by atoms with Crippen LogP contribution in [0.25, 0.3) is 0 Å². The van der Waals surface area contributed by atoms with E-state index >= 15 is 0 Å². The first kappa shape index (κ1) is 15.0. The molecule has 1 saturated heterocycles. The summed E-state index contributed by atoms with van der Waals surface area (Å²) in [5.74, 6) is 0. The lowest BCUT2D eigenvalue weighted by Crippen LogP contribution is -2.41. The highest BCUT2D eigenvalue weighted by Gasteiger charge is 2.20. The molecular weight excluding hydrogens is 220 g/mol. The fraction of sp³-hybridized carbons (Fsp3) is 0.625. The molecule has 0 aromatic rings. The molecule has 0 spiro atoms. The Balaban J connectivity index is 2.61. The molecule has 18 heavy (non-hydrogen) atoms. The highest BCUT2D eigenvalue weighted by atomic mass is 15.2. The van der Waals surface area contributed by atoms with E-state index in [1.165, 1.54) is 37.2 Å². The molecule has 0 unspecified atom stereocenters. The monoisotopic (exact) mass is 248 g/mol. The number of allylic oxidation sites excluding steroid dienone is 5. The van der Waals surface area contributed by atoms with Gasteiger partial charge in [-0.15, -0.1) is 0 Å². The van der Waals surface area contributed by atoms with E-state index < -0.39 is 0 Å². The maximum absolute atomic E-state index is 3.79. The Bertz CT molecular complexity index is 318. The van der Waals surface area contributed by atoms with Gasteiger partial charge in [-0.05, 0) is 46.4 Å². The van der Waals surface area contributed by atoms with E-state index in [1.54, 1.807) is 0 Å². The second kappa shape index (κ2) is 7.42. The minimum Gasteiger partial charge on any atom is -0.375 e.